The highest BCUT2D eigenvalue weighted by atomic mass is 19.4. The van der Waals surface area contributed by atoms with E-state index in [1.165, 1.54) is 0 Å². The number of alkyl halides is 3. The second-order valence-electron chi connectivity index (χ2n) is 6.51. The van der Waals surface area contributed by atoms with Crippen LogP contribution in [0, 0.1) is 11.3 Å². The summed E-state index contributed by atoms with van der Waals surface area (Å²) in [5, 5.41) is 3.17. The first kappa shape index (κ1) is 17.8. The van der Waals surface area contributed by atoms with E-state index in [9.17, 15) is 13.2 Å². The summed E-state index contributed by atoms with van der Waals surface area (Å²) in [6, 6.07) is -0.0195. The van der Waals surface area contributed by atoms with E-state index in [0.717, 1.165) is 19.4 Å². The molecular formula is C14H28F3N. The molecule has 0 aromatic rings. The predicted molar refractivity (Wildman–Crippen MR) is 70.6 cm³/mol. The van der Waals surface area contributed by atoms with Crippen molar-refractivity contribution in [1.29, 1.82) is 0 Å². The monoisotopic (exact) mass is 267 g/mol. The van der Waals surface area contributed by atoms with E-state index in [2.05, 4.69) is 33.0 Å². The van der Waals surface area contributed by atoms with Crippen molar-refractivity contribution in [3.8, 4) is 0 Å². The third-order valence-electron chi connectivity index (χ3n) is 2.92. The summed E-state index contributed by atoms with van der Waals surface area (Å²) < 4.78 is 36.7. The van der Waals surface area contributed by atoms with Gasteiger partial charge in [-0.15, -0.1) is 0 Å². The van der Waals surface area contributed by atoms with Crippen LogP contribution in [0.2, 0.25) is 0 Å². The maximum absolute atomic E-state index is 12.2. The lowest BCUT2D eigenvalue weighted by Gasteiger charge is -2.27. The first-order chi connectivity index (χ1) is 8.03. The highest BCUT2D eigenvalue weighted by Gasteiger charge is 2.28. The first-order valence-electron chi connectivity index (χ1n) is 6.83. The van der Waals surface area contributed by atoms with Crippen LogP contribution in [-0.2, 0) is 0 Å². The molecule has 0 bridgehead atoms. The number of hydrogen-bond acceptors (Lipinski definition) is 1. The van der Waals surface area contributed by atoms with Crippen LogP contribution in [0.3, 0.4) is 0 Å². The van der Waals surface area contributed by atoms with E-state index in [1.54, 1.807) is 0 Å². The van der Waals surface area contributed by atoms with Gasteiger partial charge in [-0.05, 0) is 37.1 Å². The van der Waals surface area contributed by atoms with E-state index in [4.69, 9.17) is 0 Å². The van der Waals surface area contributed by atoms with Gasteiger partial charge >= 0.3 is 6.18 Å². The van der Waals surface area contributed by atoms with E-state index in [1.807, 2.05) is 6.92 Å². The standard InChI is InChI=1S/C14H28F3N/c1-6-18-12(7-8-14(15,16)17)9-11(2)10-13(3,4)5/h11-12,18H,6-10H2,1-5H3. The van der Waals surface area contributed by atoms with Gasteiger partial charge < -0.3 is 5.32 Å². The van der Waals surface area contributed by atoms with Gasteiger partial charge in [-0.1, -0.05) is 34.6 Å². The lowest BCUT2D eigenvalue weighted by Crippen LogP contribution is -2.32. The van der Waals surface area contributed by atoms with Crippen LogP contribution in [0.5, 0.6) is 0 Å². The van der Waals surface area contributed by atoms with Gasteiger partial charge in [0, 0.05) is 12.5 Å². The van der Waals surface area contributed by atoms with Crippen LogP contribution >= 0.6 is 0 Å². The minimum Gasteiger partial charge on any atom is -0.314 e. The molecule has 0 aliphatic carbocycles. The molecule has 0 aliphatic rings. The fourth-order valence-corrected chi connectivity index (χ4v) is 2.54. The Balaban J connectivity index is 4.18. The smallest absolute Gasteiger partial charge is 0.314 e. The summed E-state index contributed by atoms with van der Waals surface area (Å²) >= 11 is 0. The average molecular weight is 267 g/mol. The summed E-state index contributed by atoms with van der Waals surface area (Å²) in [6.45, 7) is 11.3. The molecule has 1 nitrogen and oxygen atoms in total. The van der Waals surface area contributed by atoms with Gasteiger partial charge in [-0.25, -0.2) is 0 Å². The molecule has 0 aromatic carbocycles. The lowest BCUT2D eigenvalue weighted by molar-refractivity contribution is -0.136. The Labute approximate surface area is 110 Å². The highest BCUT2D eigenvalue weighted by molar-refractivity contribution is 4.74. The van der Waals surface area contributed by atoms with Crippen LogP contribution in [0.15, 0.2) is 0 Å². The highest BCUT2D eigenvalue weighted by Crippen LogP contribution is 2.29. The SMILES string of the molecule is CCNC(CCC(F)(F)F)CC(C)CC(C)(C)C. The summed E-state index contributed by atoms with van der Waals surface area (Å²) in [4.78, 5) is 0. The molecular weight excluding hydrogens is 239 g/mol. The summed E-state index contributed by atoms with van der Waals surface area (Å²) in [5.74, 6) is 0.447. The van der Waals surface area contributed by atoms with Crippen molar-refractivity contribution in [3.05, 3.63) is 0 Å². The fraction of sp³-hybridized carbons (Fsp3) is 1.00. The minimum atomic E-state index is -4.04. The Bertz CT molecular complexity index is 218. The van der Waals surface area contributed by atoms with Crippen molar-refractivity contribution >= 4 is 0 Å². The summed E-state index contributed by atoms with van der Waals surface area (Å²) in [7, 11) is 0. The second kappa shape index (κ2) is 7.37. The first-order valence-corrected chi connectivity index (χ1v) is 6.83. The number of rotatable bonds is 7. The van der Waals surface area contributed by atoms with Crippen molar-refractivity contribution < 1.29 is 13.2 Å². The molecule has 1 N–H and O–H groups in total. The molecule has 0 rings (SSSR count). The van der Waals surface area contributed by atoms with Crippen LogP contribution in [0.4, 0.5) is 13.2 Å². The zero-order valence-electron chi connectivity index (χ0n) is 12.3. The topological polar surface area (TPSA) is 12.0 Å². The van der Waals surface area contributed by atoms with Crippen molar-refractivity contribution in [1.82, 2.24) is 5.32 Å². The maximum atomic E-state index is 12.2. The Morgan fingerprint density at radius 3 is 2.06 bits per heavy atom. The molecule has 0 saturated heterocycles. The zero-order valence-corrected chi connectivity index (χ0v) is 12.3. The molecule has 0 saturated carbocycles. The van der Waals surface area contributed by atoms with Crippen molar-refractivity contribution in [3.63, 3.8) is 0 Å². The Kier molecular flexibility index (Phi) is 7.26. The molecule has 0 radical (unpaired) electrons. The third kappa shape index (κ3) is 10.9. The fourth-order valence-electron chi connectivity index (χ4n) is 2.54. The molecule has 110 valence electrons. The summed E-state index contributed by atoms with van der Waals surface area (Å²) in [6.07, 6.45) is -2.68. The Morgan fingerprint density at radius 1 is 1.11 bits per heavy atom. The van der Waals surface area contributed by atoms with Crippen molar-refractivity contribution in [2.75, 3.05) is 6.54 Å². The van der Waals surface area contributed by atoms with Gasteiger partial charge in [0.25, 0.3) is 0 Å². The molecule has 18 heavy (non-hydrogen) atoms. The molecule has 0 fully saturated rings. The normalized spacial score (nSPS) is 16.7. The molecule has 0 amide bonds. The van der Waals surface area contributed by atoms with Gasteiger partial charge in [-0.2, -0.15) is 13.2 Å². The minimum absolute atomic E-state index is 0.0195. The maximum Gasteiger partial charge on any atom is 0.389 e. The molecule has 2 unspecified atom stereocenters. The molecule has 0 aliphatic heterocycles. The third-order valence-corrected chi connectivity index (χ3v) is 2.92. The van der Waals surface area contributed by atoms with Gasteiger partial charge in [-0.3, -0.25) is 0 Å². The molecule has 0 spiro atoms. The predicted octanol–water partition coefficient (Wildman–Crippen LogP) is 4.77. The van der Waals surface area contributed by atoms with Crippen molar-refractivity contribution in [2.24, 2.45) is 11.3 Å². The van der Waals surface area contributed by atoms with Gasteiger partial charge in [0.15, 0.2) is 0 Å². The van der Waals surface area contributed by atoms with Crippen LogP contribution in [-0.4, -0.2) is 18.8 Å². The average Bonchev–Trinajstić information content (AvgIpc) is 2.10. The van der Waals surface area contributed by atoms with E-state index >= 15 is 0 Å². The van der Waals surface area contributed by atoms with Crippen molar-refractivity contribution in [2.45, 2.75) is 72.5 Å². The summed E-state index contributed by atoms with van der Waals surface area (Å²) in [5.41, 5.74) is 0.236. The Morgan fingerprint density at radius 2 is 1.67 bits per heavy atom. The number of nitrogens with one attached hydrogen (secondary N) is 1. The van der Waals surface area contributed by atoms with Crippen LogP contribution < -0.4 is 5.32 Å². The zero-order chi connectivity index (χ0) is 14.4. The van der Waals surface area contributed by atoms with Gasteiger partial charge in [0.2, 0.25) is 0 Å². The van der Waals surface area contributed by atoms with Gasteiger partial charge in [0.05, 0.1) is 0 Å². The van der Waals surface area contributed by atoms with E-state index < -0.39 is 12.6 Å². The molecule has 0 heterocycles. The quantitative estimate of drug-likeness (QED) is 0.700. The van der Waals surface area contributed by atoms with Crippen LogP contribution in [0.25, 0.3) is 0 Å². The molecule has 0 aromatic heterocycles. The van der Waals surface area contributed by atoms with Crippen LogP contribution in [0.1, 0.15) is 60.3 Å². The molecule has 2 atom stereocenters. The van der Waals surface area contributed by atoms with Gasteiger partial charge in [0.1, 0.15) is 0 Å². The number of hydrogen-bond donors (Lipinski definition) is 1. The lowest BCUT2D eigenvalue weighted by atomic mass is 9.82. The molecule has 4 heteroatoms. The van der Waals surface area contributed by atoms with E-state index in [-0.39, 0.29) is 17.9 Å². The second-order valence-corrected chi connectivity index (χ2v) is 6.51. The van der Waals surface area contributed by atoms with E-state index in [0.29, 0.717) is 5.92 Å². The largest absolute Gasteiger partial charge is 0.389 e. The number of halogens is 3. The Hall–Kier alpha value is -0.250.